The van der Waals surface area contributed by atoms with E-state index in [0.717, 1.165) is 0 Å². The maximum atomic E-state index is 12.5. The first-order chi connectivity index (χ1) is 12.8. The van der Waals surface area contributed by atoms with Crippen molar-refractivity contribution >= 4 is 23.7 Å². The molecular formula is C16H24N6O5. The predicted octanol–water partition coefficient (Wildman–Crippen LogP) is -2.02. The second-order valence-corrected chi connectivity index (χ2v) is 6.43. The van der Waals surface area contributed by atoms with Gasteiger partial charge in [-0.15, -0.1) is 0 Å². The third-order valence-corrected chi connectivity index (χ3v) is 4.30. The van der Waals surface area contributed by atoms with Crippen molar-refractivity contribution in [2.75, 3.05) is 13.1 Å². The van der Waals surface area contributed by atoms with Gasteiger partial charge in [0, 0.05) is 24.9 Å². The van der Waals surface area contributed by atoms with E-state index in [1.807, 2.05) is 0 Å². The number of hydrogen-bond acceptors (Lipinski definition) is 6. The Labute approximate surface area is 155 Å². The van der Waals surface area contributed by atoms with E-state index in [0.29, 0.717) is 25.1 Å². The topological polar surface area (TPSA) is 171 Å². The number of carboxylic acid groups (broad SMARTS) is 1. The second-order valence-electron chi connectivity index (χ2n) is 6.43. The fraction of sp³-hybridized carbons (Fsp3) is 0.562. The number of carbonyl (C=O) groups is 4. The smallest absolute Gasteiger partial charge is 0.326 e. The van der Waals surface area contributed by atoms with Crippen LogP contribution in [0.1, 0.15) is 25.5 Å². The summed E-state index contributed by atoms with van der Waals surface area (Å²) in [5.41, 5.74) is 6.00. The SMILES string of the molecule is CC(N)C(=O)NCC(=O)N1CCCC1C(=O)NC(Cc1cnc[nH]1)C(=O)O. The van der Waals surface area contributed by atoms with Crippen molar-refractivity contribution in [2.45, 2.75) is 44.3 Å². The van der Waals surface area contributed by atoms with E-state index in [-0.39, 0.29) is 13.0 Å². The lowest BCUT2D eigenvalue weighted by Gasteiger charge is -2.25. The average molecular weight is 380 g/mol. The molecule has 2 rings (SSSR count). The van der Waals surface area contributed by atoms with Crippen LogP contribution in [0, 0.1) is 0 Å². The van der Waals surface area contributed by atoms with Gasteiger partial charge >= 0.3 is 5.97 Å². The number of H-pyrrole nitrogens is 1. The van der Waals surface area contributed by atoms with E-state index in [4.69, 9.17) is 5.73 Å². The first-order valence-corrected chi connectivity index (χ1v) is 8.62. The number of nitrogens with zero attached hydrogens (tertiary/aromatic N) is 2. The van der Waals surface area contributed by atoms with Crippen LogP contribution < -0.4 is 16.4 Å². The number of aromatic nitrogens is 2. The maximum absolute atomic E-state index is 12.5. The van der Waals surface area contributed by atoms with Crippen LogP contribution in [0.4, 0.5) is 0 Å². The molecule has 11 heteroatoms. The van der Waals surface area contributed by atoms with E-state index in [9.17, 15) is 24.3 Å². The number of rotatable bonds is 8. The average Bonchev–Trinajstić information content (AvgIpc) is 3.29. The summed E-state index contributed by atoms with van der Waals surface area (Å²) in [6, 6.07) is -2.66. The molecule has 6 N–H and O–H groups in total. The molecule has 3 unspecified atom stereocenters. The standard InChI is InChI=1S/C16H24N6O5/c1-9(17)14(24)19-7-13(23)22-4-2-3-12(22)15(25)21-11(16(26)27)5-10-6-18-8-20-10/h6,8-9,11-12H,2-5,7,17H2,1H3,(H,18,20)(H,19,24)(H,21,25)(H,26,27). The molecule has 1 aliphatic heterocycles. The lowest BCUT2D eigenvalue weighted by atomic mass is 10.1. The number of nitrogens with two attached hydrogens (primary N) is 1. The number of aliphatic carboxylic acids is 1. The zero-order valence-electron chi connectivity index (χ0n) is 15.0. The molecule has 3 atom stereocenters. The van der Waals surface area contributed by atoms with Crippen LogP contribution in [-0.4, -0.2) is 74.9 Å². The summed E-state index contributed by atoms with van der Waals surface area (Å²) in [7, 11) is 0. The van der Waals surface area contributed by atoms with Crippen LogP contribution in [0.15, 0.2) is 12.5 Å². The molecule has 0 aromatic carbocycles. The Kier molecular flexibility index (Phi) is 6.88. The zero-order valence-corrected chi connectivity index (χ0v) is 15.0. The van der Waals surface area contributed by atoms with Crippen molar-refractivity contribution < 1.29 is 24.3 Å². The lowest BCUT2D eigenvalue weighted by Crippen LogP contribution is -2.53. The Balaban J connectivity index is 1.95. The van der Waals surface area contributed by atoms with E-state index in [2.05, 4.69) is 20.6 Å². The van der Waals surface area contributed by atoms with Gasteiger partial charge in [0.2, 0.25) is 17.7 Å². The van der Waals surface area contributed by atoms with Crippen molar-refractivity contribution in [3.63, 3.8) is 0 Å². The molecule has 1 aromatic rings. The van der Waals surface area contributed by atoms with Gasteiger partial charge in [-0.05, 0) is 19.8 Å². The van der Waals surface area contributed by atoms with E-state index in [1.54, 1.807) is 0 Å². The summed E-state index contributed by atoms with van der Waals surface area (Å²) < 4.78 is 0. The number of nitrogens with one attached hydrogen (secondary N) is 3. The van der Waals surface area contributed by atoms with Gasteiger partial charge in [-0.1, -0.05) is 0 Å². The molecule has 2 heterocycles. The summed E-state index contributed by atoms with van der Waals surface area (Å²) >= 11 is 0. The highest BCUT2D eigenvalue weighted by Crippen LogP contribution is 2.18. The molecule has 1 saturated heterocycles. The number of aromatic amines is 1. The molecule has 0 saturated carbocycles. The summed E-state index contributed by atoms with van der Waals surface area (Å²) in [4.78, 5) is 55.8. The quantitative estimate of drug-likeness (QED) is 0.346. The van der Waals surface area contributed by atoms with E-state index < -0.39 is 41.8 Å². The number of hydrogen-bond donors (Lipinski definition) is 5. The van der Waals surface area contributed by atoms with Crippen LogP contribution in [0.25, 0.3) is 0 Å². The monoisotopic (exact) mass is 380 g/mol. The molecule has 3 amide bonds. The highest BCUT2D eigenvalue weighted by Gasteiger charge is 2.35. The number of carboxylic acids is 1. The van der Waals surface area contributed by atoms with Gasteiger partial charge < -0.3 is 31.4 Å². The largest absolute Gasteiger partial charge is 0.480 e. The maximum Gasteiger partial charge on any atom is 0.326 e. The van der Waals surface area contributed by atoms with E-state index in [1.165, 1.54) is 24.3 Å². The van der Waals surface area contributed by atoms with Crippen LogP contribution in [-0.2, 0) is 25.6 Å². The highest BCUT2D eigenvalue weighted by molar-refractivity contribution is 5.92. The Hall–Kier alpha value is -2.95. The van der Waals surface area contributed by atoms with Gasteiger partial charge in [0.15, 0.2) is 0 Å². The van der Waals surface area contributed by atoms with Gasteiger partial charge in [-0.25, -0.2) is 9.78 Å². The summed E-state index contributed by atoms with van der Waals surface area (Å²) in [5.74, 6) is -2.60. The second kappa shape index (κ2) is 9.12. The van der Waals surface area contributed by atoms with Crippen molar-refractivity contribution in [1.82, 2.24) is 25.5 Å². The summed E-state index contributed by atoms with van der Waals surface area (Å²) in [5, 5.41) is 14.2. The van der Waals surface area contributed by atoms with Crippen LogP contribution in [0.2, 0.25) is 0 Å². The Morgan fingerprint density at radius 2 is 2.19 bits per heavy atom. The fourth-order valence-corrected chi connectivity index (χ4v) is 2.85. The molecule has 0 aliphatic carbocycles. The number of amides is 3. The third kappa shape index (κ3) is 5.51. The lowest BCUT2D eigenvalue weighted by molar-refractivity contribution is -0.144. The van der Waals surface area contributed by atoms with Gasteiger partial charge in [-0.3, -0.25) is 14.4 Å². The molecule has 1 fully saturated rings. The fourth-order valence-electron chi connectivity index (χ4n) is 2.85. The van der Waals surface area contributed by atoms with Crippen molar-refractivity contribution in [3.8, 4) is 0 Å². The first-order valence-electron chi connectivity index (χ1n) is 8.62. The van der Waals surface area contributed by atoms with E-state index >= 15 is 0 Å². The molecule has 0 bridgehead atoms. The normalized spacial score (nSPS) is 18.6. The zero-order chi connectivity index (χ0) is 20.0. The van der Waals surface area contributed by atoms with Crippen LogP contribution in [0.5, 0.6) is 0 Å². The molecule has 0 spiro atoms. The minimum atomic E-state index is -1.18. The van der Waals surface area contributed by atoms with Gasteiger partial charge in [0.25, 0.3) is 0 Å². The minimum Gasteiger partial charge on any atom is -0.480 e. The minimum absolute atomic E-state index is 0.0478. The molecule has 1 aliphatic rings. The summed E-state index contributed by atoms with van der Waals surface area (Å²) in [6.07, 6.45) is 3.99. The molecule has 1 aromatic heterocycles. The Bertz CT molecular complexity index is 689. The molecule has 148 valence electrons. The predicted molar refractivity (Wildman–Crippen MR) is 93.3 cm³/mol. The van der Waals surface area contributed by atoms with Crippen molar-refractivity contribution in [2.24, 2.45) is 5.73 Å². The molecule has 27 heavy (non-hydrogen) atoms. The van der Waals surface area contributed by atoms with Crippen molar-refractivity contribution in [1.29, 1.82) is 0 Å². The number of imidazole rings is 1. The van der Waals surface area contributed by atoms with Gasteiger partial charge in [0.1, 0.15) is 12.1 Å². The van der Waals surface area contributed by atoms with Crippen molar-refractivity contribution in [3.05, 3.63) is 18.2 Å². The Morgan fingerprint density at radius 3 is 2.78 bits per heavy atom. The first kappa shape index (κ1) is 20.4. The highest BCUT2D eigenvalue weighted by atomic mass is 16.4. The Morgan fingerprint density at radius 1 is 1.44 bits per heavy atom. The van der Waals surface area contributed by atoms with Gasteiger partial charge in [-0.2, -0.15) is 0 Å². The molecular weight excluding hydrogens is 356 g/mol. The molecule has 11 nitrogen and oxygen atoms in total. The van der Waals surface area contributed by atoms with Gasteiger partial charge in [0.05, 0.1) is 18.9 Å². The number of likely N-dealkylation sites (tertiary alicyclic amines) is 1. The van der Waals surface area contributed by atoms with Crippen LogP contribution in [0.3, 0.4) is 0 Å². The molecule has 0 radical (unpaired) electrons. The third-order valence-electron chi connectivity index (χ3n) is 4.30. The number of carbonyl (C=O) groups excluding carboxylic acids is 3. The van der Waals surface area contributed by atoms with Crippen LogP contribution >= 0.6 is 0 Å². The summed E-state index contributed by atoms with van der Waals surface area (Å²) in [6.45, 7) is 1.60.